The average Bonchev–Trinajstić information content (AvgIpc) is 2.53. The fourth-order valence-electron chi connectivity index (χ4n) is 3.30. The average molecular weight is 288 g/mol. The van der Waals surface area contributed by atoms with Crippen LogP contribution in [0.25, 0.3) is 0 Å². The fourth-order valence-corrected chi connectivity index (χ4v) is 3.30. The SMILES string of the molecule is CCCCCCCN1CCC(NCCC)c2ccccc21. The highest BCUT2D eigenvalue weighted by atomic mass is 15.1. The zero-order valence-corrected chi connectivity index (χ0v) is 13.9. The second-order valence-electron chi connectivity index (χ2n) is 6.26. The highest BCUT2D eigenvalue weighted by Gasteiger charge is 2.23. The molecule has 0 spiro atoms. The number of benzene rings is 1. The molecule has 2 nitrogen and oxygen atoms in total. The molecule has 0 fully saturated rings. The molecule has 0 saturated heterocycles. The number of anilines is 1. The minimum absolute atomic E-state index is 0.553. The van der Waals surface area contributed by atoms with Crippen molar-refractivity contribution < 1.29 is 0 Å². The summed E-state index contributed by atoms with van der Waals surface area (Å²) in [6, 6.07) is 9.54. The fraction of sp³-hybridized carbons (Fsp3) is 0.684. The van der Waals surface area contributed by atoms with Crippen LogP contribution in [0.5, 0.6) is 0 Å². The molecule has 1 aromatic rings. The Kier molecular flexibility index (Phi) is 7.08. The van der Waals surface area contributed by atoms with Crippen LogP contribution in [0.3, 0.4) is 0 Å². The molecule has 0 aliphatic carbocycles. The molecule has 1 aromatic carbocycles. The van der Waals surface area contributed by atoms with Gasteiger partial charge in [0.2, 0.25) is 0 Å². The minimum Gasteiger partial charge on any atom is -0.371 e. The molecule has 1 N–H and O–H groups in total. The maximum absolute atomic E-state index is 3.71. The van der Waals surface area contributed by atoms with E-state index in [2.05, 4.69) is 48.3 Å². The standard InChI is InChI=1S/C19H32N2/c1-3-5-6-7-10-15-21-16-13-18(20-14-4-2)17-11-8-9-12-19(17)21/h8-9,11-12,18,20H,3-7,10,13-16H2,1-2H3. The molecule has 118 valence electrons. The number of unbranched alkanes of at least 4 members (excludes halogenated alkanes) is 4. The van der Waals surface area contributed by atoms with Gasteiger partial charge in [-0.2, -0.15) is 0 Å². The van der Waals surface area contributed by atoms with Crippen LogP contribution in [-0.4, -0.2) is 19.6 Å². The Bertz CT molecular complexity index is 402. The largest absolute Gasteiger partial charge is 0.371 e. The van der Waals surface area contributed by atoms with Crippen molar-refractivity contribution in [2.75, 3.05) is 24.5 Å². The van der Waals surface area contributed by atoms with Crippen molar-refractivity contribution in [3.63, 3.8) is 0 Å². The van der Waals surface area contributed by atoms with Crippen molar-refractivity contribution in [3.8, 4) is 0 Å². The minimum atomic E-state index is 0.553. The van der Waals surface area contributed by atoms with Crippen LogP contribution in [-0.2, 0) is 0 Å². The van der Waals surface area contributed by atoms with Crippen molar-refractivity contribution in [2.45, 2.75) is 64.8 Å². The van der Waals surface area contributed by atoms with Gasteiger partial charge in [0.05, 0.1) is 0 Å². The number of nitrogens with zero attached hydrogens (tertiary/aromatic N) is 1. The molecule has 0 radical (unpaired) electrons. The molecule has 21 heavy (non-hydrogen) atoms. The molecule has 1 atom stereocenters. The zero-order chi connectivity index (χ0) is 14.9. The summed E-state index contributed by atoms with van der Waals surface area (Å²) in [4.78, 5) is 2.60. The zero-order valence-electron chi connectivity index (χ0n) is 13.9. The van der Waals surface area contributed by atoms with Gasteiger partial charge in [-0.1, -0.05) is 57.7 Å². The summed E-state index contributed by atoms with van der Waals surface area (Å²) < 4.78 is 0. The van der Waals surface area contributed by atoms with Crippen LogP contribution in [0.4, 0.5) is 5.69 Å². The van der Waals surface area contributed by atoms with E-state index < -0.39 is 0 Å². The third-order valence-corrected chi connectivity index (χ3v) is 4.51. The number of rotatable bonds is 9. The van der Waals surface area contributed by atoms with Crippen molar-refractivity contribution in [2.24, 2.45) is 0 Å². The summed E-state index contributed by atoms with van der Waals surface area (Å²) >= 11 is 0. The highest BCUT2D eigenvalue weighted by Crippen LogP contribution is 2.33. The topological polar surface area (TPSA) is 15.3 Å². The van der Waals surface area contributed by atoms with Gasteiger partial charge in [0.25, 0.3) is 0 Å². The van der Waals surface area contributed by atoms with E-state index in [0.717, 1.165) is 6.54 Å². The quantitative estimate of drug-likeness (QED) is 0.650. The maximum atomic E-state index is 3.71. The number of fused-ring (bicyclic) bond motifs is 1. The number of nitrogens with one attached hydrogen (secondary N) is 1. The monoisotopic (exact) mass is 288 g/mol. The van der Waals surface area contributed by atoms with Gasteiger partial charge in [-0.3, -0.25) is 0 Å². The summed E-state index contributed by atoms with van der Waals surface area (Å²) in [6.45, 7) is 8.07. The highest BCUT2D eigenvalue weighted by molar-refractivity contribution is 5.56. The number of hydrogen-bond donors (Lipinski definition) is 1. The first-order chi connectivity index (χ1) is 10.4. The Labute approximate surface area is 130 Å². The Balaban J connectivity index is 1.92. The van der Waals surface area contributed by atoms with E-state index in [1.54, 1.807) is 0 Å². The maximum Gasteiger partial charge on any atom is 0.0414 e. The van der Waals surface area contributed by atoms with E-state index in [-0.39, 0.29) is 0 Å². The second kappa shape index (κ2) is 9.09. The summed E-state index contributed by atoms with van der Waals surface area (Å²) in [6.07, 6.45) is 9.28. The summed E-state index contributed by atoms with van der Waals surface area (Å²) in [7, 11) is 0. The molecular formula is C19H32N2. The van der Waals surface area contributed by atoms with Crippen molar-refractivity contribution >= 4 is 5.69 Å². The van der Waals surface area contributed by atoms with E-state index in [1.807, 2.05) is 0 Å². The third-order valence-electron chi connectivity index (χ3n) is 4.51. The van der Waals surface area contributed by atoms with Crippen LogP contribution in [0.1, 0.15) is 70.4 Å². The smallest absolute Gasteiger partial charge is 0.0414 e. The van der Waals surface area contributed by atoms with Crippen molar-refractivity contribution in [1.29, 1.82) is 0 Å². The van der Waals surface area contributed by atoms with Gasteiger partial charge >= 0.3 is 0 Å². The molecule has 0 saturated carbocycles. The van der Waals surface area contributed by atoms with Gasteiger partial charge in [-0.25, -0.2) is 0 Å². The molecule has 1 unspecified atom stereocenters. The molecule has 2 heteroatoms. The molecule has 0 amide bonds. The van der Waals surface area contributed by atoms with E-state index in [4.69, 9.17) is 0 Å². The van der Waals surface area contributed by atoms with Crippen LogP contribution < -0.4 is 10.2 Å². The summed E-state index contributed by atoms with van der Waals surface area (Å²) in [5.41, 5.74) is 2.97. The van der Waals surface area contributed by atoms with Crippen LogP contribution in [0, 0.1) is 0 Å². The third kappa shape index (κ3) is 4.74. The molecule has 1 aliphatic rings. The predicted molar refractivity (Wildman–Crippen MR) is 93.1 cm³/mol. The van der Waals surface area contributed by atoms with Gasteiger partial charge < -0.3 is 10.2 Å². The van der Waals surface area contributed by atoms with Crippen molar-refractivity contribution in [1.82, 2.24) is 5.32 Å². The van der Waals surface area contributed by atoms with Crippen LogP contribution in [0.2, 0.25) is 0 Å². The van der Waals surface area contributed by atoms with Crippen molar-refractivity contribution in [3.05, 3.63) is 29.8 Å². The lowest BCUT2D eigenvalue weighted by Crippen LogP contribution is -2.36. The first-order valence-corrected chi connectivity index (χ1v) is 8.94. The van der Waals surface area contributed by atoms with Gasteiger partial charge in [0.15, 0.2) is 0 Å². The Hall–Kier alpha value is -1.02. The normalized spacial score (nSPS) is 17.8. The molecule has 0 aromatic heterocycles. The lowest BCUT2D eigenvalue weighted by Gasteiger charge is -2.36. The predicted octanol–water partition coefficient (Wildman–Crippen LogP) is 4.91. The van der Waals surface area contributed by atoms with Gasteiger partial charge in [-0.05, 0) is 37.4 Å². The molecular weight excluding hydrogens is 256 g/mol. The lowest BCUT2D eigenvalue weighted by atomic mass is 9.96. The second-order valence-corrected chi connectivity index (χ2v) is 6.26. The van der Waals surface area contributed by atoms with E-state index >= 15 is 0 Å². The number of para-hydroxylation sites is 1. The molecule has 1 aliphatic heterocycles. The van der Waals surface area contributed by atoms with E-state index in [9.17, 15) is 0 Å². The Morgan fingerprint density at radius 3 is 2.67 bits per heavy atom. The lowest BCUT2D eigenvalue weighted by molar-refractivity contribution is 0.473. The van der Waals surface area contributed by atoms with E-state index in [1.165, 1.54) is 69.3 Å². The molecule has 2 rings (SSSR count). The molecule has 1 heterocycles. The van der Waals surface area contributed by atoms with Crippen LogP contribution in [0.15, 0.2) is 24.3 Å². The van der Waals surface area contributed by atoms with E-state index in [0.29, 0.717) is 6.04 Å². The Morgan fingerprint density at radius 1 is 1.05 bits per heavy atom. The first kappa shape index (κ1) is 16.4. The van der Waals surface area contributed by atoms with Gasteiger partial charge in [0, 0.05) is 24.8 Å². The number of hydrogen-bond acceptors (Lipinski definition) is 2. The molecule has 0 bridgehead atoms. The van der Waals surface area contributed by atoms with Crippen LogP contribution >= 0.6 is 0 Å². The summed E-state index contributed by atoms with van der Waals surface area (Å²) in [5.74, 6) is 0. The Morgan fingerprint density at radius 2 is 1.86 bits per heavy atom. The first-order valence-electron chi connectivity index (χ1n) is 8.94. The summed E-state index contributed by atoms with van der Waals surface area (Å²) in [5, 5.41) is 3.71. The van der Waals surface area contributed by atoms with Gasteiger partial charge in [0.1, 0.15) is 0 Å². The van der Waals surface area contributed by atoms with Gasteiger partial charge in [-0.15, -0.1) is 0 Å².